The third kappa shape index (κ3) is 28.9. The second-order valence-electron chi connectivity index (χ2n) is 18.8. The molecule has 0 aromatic heterocycles. The van der Waals surface area contributed by atoms with Gasteiger partial charge in [0.25, 0.3) is 5.91 Å². The molecule has 370 valence electrons. The number of rotatable bonds is 44. The molecule has 62 heavy (non-hydrogen) atoms. The van der Waals surface area contributed by atoms with Crippen LogP contribution in [0.1, 0.15) is 239 Å². The molecule has 0 aromatic rings. The normalized spacial score (nSPS) is 21.7. The van der Waals surface area contributed by atoms with Crippen molar-refractivity contribution in [3.8, 4) is 0 Å². The standard InChI is InChI=1S/C50H99NO11/c1-3-5-7-9-11-13-15-17-18-19-20-21-22-23-24-25-27-29-31-33-35-37-42(54)45(56)49(60)51-40(39-61-50-48(59)47(58)46(57)43(38-52)62-50)44(55)41(53)36-34-32-30-28-26-16-14-12-10-8-6-4-2/h40-48,50,52-59H,3-39H2,1-2H3,(H,51,60)/t40?,41?,42?,43-,44?,45?,46+,47+,48-,50+/m1/s1. The Morgan fingerprint density at radius 1 is 0.500 bits per heavy atom. The van der Waals surface area contributed by atoms with Crippen LogP contribution in [0.2, 0.25) is 0 Å². The van der Waals surface area contributed by atoms with Crippen molar-refractivity contribution < 1.29 is 55.1 Å². The van der Waals surface area contributed by atoms with Gasteiger partial charge in [0, 0.05) is 0 Å². The van der Waals surface area contributed by atoms with Crippen molar-refractivity contribution in [3.05, 3.63) is 0 Å². The zero-order chi connectivity index (χ0) is 45.6. The molecule has 1 heterocycles. The molecule has 12 heteroatoms. The van der Waals surface area contributed by atoms with Gasteiger partial charge in [0.15, 0.2) is 12.4 Å². The molecule has 12 nitrogen and oxygen atoms in total. The second kappa shape index (κ2) is 40.4. The molecule has 1 saturated heterocycles. The van der Waals surface area contributed by atoms with Crippen LogP contribution in [-0.2, 0) is 14.3 Å². The highest BCUT2D eigenvalue weighted by atomic mass is 16.7. The molecule has 5 unspecified atom stereocenters. The minimum Gasteiger partial charge on any atom is -0.394 e. The topological polar surface area (TPSA) is 209 Å². The van der Waals surface area contributed by atoms with Gasteiger partial charge in [-0.15, -0.1) is 0 Å². The maximum Gasteiger partial charge on any atom is 0.251 e. The maximum atomic E-state index is 13.2. The summed E-state index contributed by atoms with van der Waals surface area (Å²) in [5.41, 5.74) is 0. The Morgan fingerprint density at radius 2 is 0.839 bits per heavy atom. The first-order chi connectivity index (χ1) is 30.1. The molecule has 1 aliphatic rings. The first-order valence-electron chi connectivity index (χ1n) is 26.0. The summed E-state index contributed by atoms with van der Waals surface area (Å²) >= 11 is 0. The number of aliphatic hydroxyl groups is 8. The number of aliphatic hydroxyl groups excluding tert-OH is 8. The molecular weight excluding hydrogens is 791 g/mol. The van der Waals surface area contributed by atoms with E-state index in [1.165, 1.54) is 161 Å². The monoisotopic (exact) mass is 890 g/mol. The molecule has 1 fully saturated rings. The number of hydrogen-bond acceptors (Lipinski definition) is 11. The number of nitrogens with one attached hydrogen (secondary N) is 1. The van der Waals surface area contributed by atoms with E-state index in [0.29, 0.717) is 12.8 Å². The lowest BCUT2D eigenvalue weighted by molar-refractivity contribution is -0.303. The minimum atomic E-state index is -1.78. The summed E-state index contributed by atoms with van der Waals surface area (Å²) in [7, 11) is 0. The largest absolute Gasteiger partial charge is 0.394 e. The number of unbranched alkanes of at least 4 members (excludes halogenated alkanes) is 31. The molecule has 0 aromatic carbocycles. The van der Waals surface area contributed by atoms with E-state index in [2.05, 4.69) is 19.2 Å². The predicted octanol–water partition coefficient (Wildman–Crippen LogP) is 8.42. The van der Waals surface area contributed by atoms with E-state index in [-0.39, 0.29) is 12.8 Å². The molecular formula is C50H99NO11. The lowest BCUT2D eigenvalue weighted by Crippen LogP contribution is -2.60. The van der Waals surface area contributed by atoms with E-state index in [1.807, 2.05) is 0 Å². The first-order valence-corrected chi connectivity index (χ1v) is 26.0. The number of carbonyl (C=O) groups is 1. The van der Waals surface area contributed by atoms with Crippen LogP contribution in [0.4, 0.5) is 0 Å². The van der Waals surface area contributed by atoms with Crippen LogP contribution in [0.3, 0.4) is 0 Å². The van der Waals surface area contributed by atoms with Gasteiger partial charge >= 0.3 is 0 Å². The van der Waals surface area contributed by atoms with Gasteiger partial charge in [-0.2, -0.15) is 0 Å². The van der Waals surface area contributed by atoms with Gasteiger partial charge in [-0.25, -0.2) is 0 Å². The van der Waals surface area contributed by atoms with Crippen molar-refractivity contribution in [2.75, 3.05) is 13.2 Å². The quantitative estimate of drug-likeness (QED) is 0.0265. The first kappa shape index (κ1) is 59.1. The van der Waals surface area contributed by atoms with E-state index in [1.54, 1.807) is 0 Å². The van der Waals surface area contributed by atoms with Gasteiger partial charge in [-0.1, -0.05) is 226 Å². The van der Waals surface area contributed by atoms with Crippen LogP contribution in [0.5, 0.6) is 0 Å². The summed E-state index contributed by atoms with van der Waals surface area (Å²) in [6, 6.07) is -1.28. The highest BCUT2D eigenvalue weighted by Gasteiger charge is 2.44. The van der Waals surface area contributed by atoms with Crippen LogP contribution >= 0.6 is 0 Å². The van der Waals surface area contributed by atoms with Crippen LogP contribution < -0.4 is 5.32 Å². The highest BCUT2D eigenvalue weighted by Crippen LogP contribution is 2.23. The molecule has 0 saturated carbocycles. The summed E-state index contributed by atoms with van der Waals surface area (Å²) in [5, 5.41) is 86.4. The fourth-order valence-corrected chi connectivity index (χ4v) is 8.65. The summed E-state index contributed by atoms with van der Waals surface area (Å²) in [5.74, 6) is -0.944. The Hall–Kier alpha value is -0.930. The van der Waals surface area contributed by atoms with Crippen LogP contribution in [0.25, 0.3) is 0 Å². The molecule has 0 aliphatic carbocycles. The average molecular weight is 890 g/mol. The third-order valence-corrected chi connectivity index (χ3v) is 13.0. The summed E-state index contributed by atoms with van der Waals surface area (Å²) < 4.78 is 11.0. The Morgan fingerprint density at radius 3 is 1.19 bits per heavy atom. The summed E-state index contributed by atoms with van der Waals surface area (Å²) in [6.07, 6.45) is 27.3. The number of ether oxygens (including phenoxy) is 2. The molecule has 0 spiro atoms. The van der Waals surface area contributed by atoms with Crippen molar-refractivity contribution in [1.82, 2.24) is 5.32 Å². The number of hydrogen-bond donors (Lipinski definition) is 9. The smallest absolute Gasteiger partial charge is 0.251 e. The second-order valence-corrected chi connectivity index (χ2v) is 18.8. The van der Waals surface area contributed by atoms with Crippen molar-refractivity contribution in [1.29, 1.82) is 0 Å². The molecule has 0 radical (unpaired) electrons. The average Bonchev–Trinajstić information content (AvgIpc) is 3.27. The van der Waals surface area contributed by atoms with Gasteiger partial charge in [0.05, 0.1) is 31.5 Å². The van der Waals surface area contributed by atoms with Crippen LogP contribution in [0, 0.1) is 0 Å². The SMILES string of the molecule is CCCCCCCCCCCCCCCCCCCCCCCC(O)C(O)C(=O)NC(CO[C@H]1O[C@H](CO)[C@H](O)[C@H](O)[C@H]1O)C(O)C(O)CCCCCCCCCCCCCC. The molecule has 1 rings (SSSR count). The zero-order valence-corrected chi connectivity index (χ0v) is 39.7. The van der Waals surface area contributed by atoms with Crippen molar-refractivity contribution in [2.24, 2.45) is 0 Å². The van der Waals surface area contributed by atoms with Crippen molar-refractivity contribution in [3.63, 3.8) is 0 Å². The predicted molar refractivity (Wildman–Crippen MR) is 249 cm³/mol. The third-order valence-electron chi connectivity index (χ3n) is 13.0. The number of carbonyl (C=O) groups excluding carboxylic acids is 1. The van der Waals surface area contributed by atoms with Gasteiger partial charge in [-0.05, 0) is 12.8 Å². The molecule has 1 aliphatic heterocycles. The van der Waals surface area contributed by atoms with Crippen molar-refractivity contribution in [2.45, 2.75) is 300 Å². The maximum absolute atomic E-state index is 13.2. The van der Waals surface area contributed by atoms with Crippen molar-refractivity contribution >= 4 is 5.91 Å². The lowest BCUT2D eigenvalue weighted by Gasteiger charge is -2.40. The van der Waals surface area contributed by atoms with Gasteiger partial charge in [0.1, 0.15) is 30.5 Å². The fourth-order valence-electron chi connectivity index (χ4n) is 8.65. The Balaban J connectivity index is 2.38. The summed E-state index contributed by atoms with van der Waals surface area (Å²) in [6.45, 7) is 3.33. The van der Waals surface area contributed by atoms with E-state index < -0.39 is 80.3 Å². The molecule has 1 amide bonds. The minimum absolute atomic E-state index is 0.226. The van der Waals surface area contributed by atoms with Gasteiger partial charge < -0.3 is 55.6 Å². The van der Waals surface area contributed by atoms with Crippen LogP contribution in [0.15, 0.2) is 0 Å². The molecule has 9 N–H and O–H groups in total. The Bertz CT molecular complexity index is 993. The zero-order valence-electron chi connectivity index (χ0n) is 39.7. The number of amides is 1. The van der Waals surface area contributed by atoms with E-state index in [4.69, 9.17) is 9.47 Å². The molecule has 0 bridgehead atoms. The van der Waals surface area contributed by atoms with E-state index in [9.17, 15) is 45.6 Å². The lowest BCUT2D eigenvalue weighted by atomic mass is 9.98. The summed E-state index contributed by atoms with van der Waals surface area (Å²) in [4.78, 5) is 13.2. The van der Waals surface area contributed by atoms with E-state index >= 15 is 0 Å². The fraction of sp³-hybridized carbons (Fsp3) is 0.980. The Kier molecular flexibility index (Phi) is 38.5. The molecule has 10 atom stereocenters. The Labute approximate surface area is 378 Å². The van der Waals surface area contributed by atoms with Crippen LogP contribution in [-0.4, -0.2) is 121 Å². The van der Waals surface area contributed by atoms with E-state index in [0.717, 1.165) is 38.5 Å². The highest BCUT2D eigenvalue weighted by molar-refractivity contribution is 5.81. The van der Waals surface area contributed by atoms with Gasteiger partial charge in [0.2, 0.25) is 0 Å². The van der Waals surface area contributed by atoms with Gasteiger partial charge in [-0.3, -0.25) is 4.79 Å².